The van der Waals surface area contributed by atoms with Crippen molar-refractivity contribution in [1.82, 2.24) is 4.31 Å². The van der Waals surface area contributed by atoms with Crippen LogP contribution in [0.5, 0.6) is 0 Å². The van der Waals surface area contributed by atoms with Crippen LogP contribution < -0.4 is 0 Å². The Bertz CT molecular complexity index is 184. The van der Waals surface area contributed by atoms with Gasteiger partial charge < -0.3 is 5.11 Å². The van der Waals surface area contributed by atoms with E-state index in [1.165, 1.54) is 11.8 Å². The van der Waals surface area contributed by atoms with Gasteiger partial charge in [0.1, 0.15) is 5.76 Å². The Morgan fingerprint density at radius 3 is 2.31 bits per heavy atom. The highest BCUT2D eigenvalue weighted by atomic mass is 32.2. The topological polar surface area (TPSA) is 23.5 Å². The predicted octanol–water partition coefficient (Wildman–Crippen LogP) is 3.60. The summed E-state index contributed by atoms with van der Waals surface area (Å²) in [6.45, 7) is 11.5. The quantitative estimate of drug-likeness (QED) is 0.544. The van der Waals surface area contributed by atoms with Crippen molar-refractivity contribution in [3.05, 3.63) is 22.0 Å². The lowest BCUT2D eigenvalue weighted by molar-refractivity contribution is 0.414. The molecule has 0 bridgehead atoms. The van der Waals surface area contributed by atoms with Gasteiger partial charge in [-0.1, -0.05) is 32.2 Å². The molecule has 0 heterocycles. The lowest BCUT2D eigenvalue weighted by Crippen LogP contribution is -2.13. The number of aliphatic hydroxyl groups excluding tert-OH is 1. The van der Waals surface area contributed by atoms with Crippen molar-refractivity contribution in [2.45, 2.75) is 20.8 Å². The maximum absolute atomic E-state index is 9.35. The van der Waals surface area contributed by atoms with Gasteiger partial charge in [-0.2, -0.15) is 0 Å². The largest absolute Gasteiger partial charge is 0.511 e. The van der Waals surface area contributed by atoms with Crippen molar-refractivity contribution >= 4 is 23.7 Å². The van der Waals surface area contributed by atoms with E-state index >= 15 is 0 Å². The number of allylic oxidation sites excluding steroid dienone is 1. The molecular weight excluding hydrogens is 202 g/mol. The van der Waals surface area contributed by atoms with Gasteiger partial charge in [0.05, 0.1) is 4.24 Å². The molecule has 0 unspecified atom stereocenters. The minimum atomic E-state index is 0.363. The molecule has 0 aromatic carbocycles. The first-order chi connectivity index (χ1) is 6.15. The lowest BCUT2D eigenvalue weighted by Gasteiger charge is -2.17. The Morgan fingerprint density at radius 1 is 1.46 bits per heavy atom. The Labute approximate surface area is 89.2 Å². The summed E-state index contributed by atoms with van der Waals surface area (Å²) in [4.78, 5) is 0. The first-order valence-corrected chi connectivity index (χ1v) is 5.91. The van der Waals surface area contributed by atoms with Crippen molar-refractivity contribution in [3.63, 3.8) is 0 Å². The summed E-state index contributed by atoms with van der Waals surface area (Å²) in [5.41, 5.74) is 0. The minimum absolute atomic E-state index is 0.363. The van der Waals surface area contributed by atoms with Crippen LogP contribution in [0.3, 0.4) is 0 Å². The lowest BCUT2D eigenvalue weighted by atomic mass is 10.7. The number of thioether (sulfide) groups is 1. The van der Waals surface area contributed by atoms with E-state index in [-0.39, 0.29) is 0 Å². The number of hydrogen-bond acceptors (Lipinski definition) is 4. The number of rotatable bonds is 6. The first kappa shape index (κ1) is 12.9. The number of hydrogen-bond donors (Lipinski definition) is 1. The smallest absolute Gasteiger partial charge is 0.111 e. The Balaban J connectivity index is 4.25. The molecule has 0 spiro atoms. The van der Waals surface area contributed by atoms with Crippen molar-refractivity contribution < 1.29 is 5.11 Å². The molecular formula is C9H17NOS2. The summed E-state index contributed by atoms with van der Waals surface area (Å²) in [5.74, 6) is 0.363. The molecule has 1 N–H and O–H groups in total. The fraction of sp³-hybridized carbons (Fsp3) is 0.556. The third-order valence-corrected chi connectivity index (χ3v) is 3.83. The van der Waals surface area contributed by atoms with Gasteiger partial charge in [0.2, 0.25) is 0 Å². The highest BCUT2D eigenvalue weighted by molar-refractivity contribution is 8.22. The van der Waals surface area contributed by atoms with E-state index in [0.29, 0.717) is 5.76 Å². The average Bonchev–Trinajstić information content (AvgIpc) is 2.11. The molecule has 0 fully saturated rings. The van der Waals surface area contributed by atoms with Gasteiger partial charge in [-0.15, -0.1) is 0 Å². The molecule has 0 aliphatic rings. The summed E-state index contributed by atoms with van der Waals surface area (Å²) < 4.78 is 3.07. The zero-order valence-electron chi connectivity index (χ0n) is 8.41. The molecule has 0 radical (unpaired) electrons. The second-order valence-electron chi connectivity index (χ2n) is 2.36. The van der Waals surface area contributed by atoms with Gasteiger partial charge in [-0.05, 0) is 24.3 Å². The van der Waals surface area contributed by atoms with Gasteiger partial charge in [0.25, 0.3) is 0 Å². The van der Waals surface area contributed by atoms with Crippen LogP contribution in [-0.4, -0.2) is 22.5 Å². The zero-order valence-corrected chi connectivity index (χ0v) is 10.0. The van der Waals surface area contributed by atoms with E-state index in [4.69, 9.17) is 0 Å². The second kappa shape index (κ2) is 7.35. The van der Waals surface area contributed by atoms with E-state index in [0.717, 1.165) is 17.3 Å². The monoisotopic (exact) mass is 219 g/mol. The van der Waals surface area contributed by atoms with Crippen LogP contribution in [0.15, 0.2) is 22.0 Å². The highest BCUT2D eigenvalue weighted by Crippen LogP contribution is 2.33. The predicted molar refractivity (Wildman–Crippen MR) is 63.6 cm³/mol. The fourth-order valence-corrected chi connectivity index (χ4v) is 2.36. The molecule has 2 nitrogen and oxygen atoms in total. The van der Waals surface area contributed by atoms with E-state index in [9.17, 15) is 5.11 Å². The van der Waals surface area contributed by atoms with Crippen molar-refractivity contribution in [3.8, 4) is 0 Å². The van der Waals surface area contributed by atoms with Crippen LogP contribution in [0.4, 0.5) is 0 Å². The molecule has 0 amide bonds. The van der Waals surface area contributed by atoms with Gasteiger partial charge >= 0.3 is 0 Å². The minimum Gasteiger partial charge on any atom is -0.511 e. The van der Waals surface area contributed by atoms with Crippen LogP contribution >= 0.6 is 23.7 Å². The van der Waals surface area contributed by atoms with Crippen molar-refractivity contribution in [1.29, 1.82) is 0 Å². The van der Waals surface area contributed by atoms with Crippen molar-refractivity contribution in [2.24, 2.45) is 0 Å². The summed E-state index contributed by atoms with van der Waals surface area (Å²) in [7, 11) is 0. The van der Waals surface area contributed by atoms with Gasteiger partial charge in [0.15, 0.2) is 0 Å². The van der Waals surface area contributed by atoms with Crippen LogP contribution in [0, 0.1) is 0 Å². The molecule has 0 aromatic heterocycles. The van der Waals surface area contributed by atoms with Crippen LogP contribution in [-0.2, 0) is 0 Å². The van der Waals surface area contributed by atoms with Crippen LogP contribution in [0.2, 0.25) is 0 Å². The van der Waals surface area contributed by atoms with Gasteiger partial charge in [-0.3, -0.25) is 0 Å². The number of aliphatic hydroxyl groups is 1. The maximum Gasteiger partial charge on any atom is 0.111 e. The van der Waals surface area contributed by atoms with Gasteiger partial charge in [0, 0.05) is 13.1 Å². The SMILES string of the molecule is C=CS/C(SN(CC)CC)=C(\C)O. The summed E-state index contributed by atoms with van der Waals surface area (Å²) in [6.07, 6.45) is 0. The summed E-state index contributed by atoms with van der Waals surface area (Å²) >= 11 is 3.04. The zero-order chi connectivity index (χ0) is 10.3. The van der Waals surface area contributed by atoms with E-state index in [1.54, 1.807) is 24.3 Å². The third kappa shape index (κ3) is 5.29. The average molecular weight is 219 g/mol. The van der Waals surface area contributed by atoms with E-state index in [2.05, 4.69) is 24.7 Å². The van der Waals surface area contributed by atoms with Crippen LogP contribution in [0.25, 0.3) is 0 Å². The Morgan fingerprint density at radius 2 is 2.00 bits per heavy atom. The Kier molecular flexibility index (Phi) is 7.32. The molecule has 4 heteroatoms. The maximum atomic E-state index is 9.35. The molecule has 0 saturated carbocycles. The molecule has 0 aliphatic carbocycles. The third-order valence-electron chi connectivity index (χ3n) is 1.40. The normalized spacial score (nSPS) is 12.9. The highest BCUT2D eigenvalue weighted by Gasteiger charge is 2.07. The fourth-order valence-electron chi connectivity index (χ4n) is 0.718. The number of nitrogens with zero attached hydrogens (tertiary/aromatic N) is 1. The van der Waals surface area contributed by atoms with Crippen LogP contribution in [0.1, 0.15) is 20.8 Å². The van der Waals surface area contributed by atoms with Gasteiger partial charge in [-0.25, -0.2) is 4.31 Å². The molecule has 13 heavy (non-hydrogen) atoms. The van der Waals surface area contributed by atoms with Crippen molar-refractivity contribution in [2.75, 3.05) is 13.1 Å². The first-order valence-electron chi connectivity index (χ1n) is 4.26. The summed E-state index contributed by atoms with van der Waals surface area (Å²) in [6, 6.07) is 0. The molecule has 0 aromatic rings. The molecule has 0 saturated heterocycles. The second-order valence-corrected chi connectivity index (χ2v) is 4.71. The molecule has 0 atom stereocenters. The standard InChI is InChI=1S/C9H17NOS2/c1-5-10(6-2)13-9(8(4)11)12-7-3/h7,11H,3,5-6H2,1-2,4H3/b9-8-. The Hall–Kier alpha value is -0.0600. The van der Waals surface area contributed by atoms with E-state index in [1.807, 2.05) is 0 Å². The summed E-state index contributed by atoms with van der Waals surface area (Å²) in [5, 5.41) is 11.1. The molecule has 0 aliphatic heterocycles. The molecule has 0 rings (SSSR count). The van der Waals surface area contributed by atoms with E-state index < -0.39 is 0 Å². The molecule has 76 valence electrons.